The Morgan fingerprint density at radius 3 is 2.90 bits per heavy atom. The van der Waals surface area contributed by atoms with E-state index in [1.165, 1.54) is 24.2 Å². The number of rotatable bonds is 4. The van der Waals surface area contributed by atoms with E-state index in [2.05, 4.69) is 14.9 Å². The van der Waals surface area contributed by atoms with Gasteiger partial charge in [-0.05, 0) is 57.8 Å². The first kappa shape index (κ1) is 13.3. The van der Waals surface area contributed by atoms with Crippen molar-refractivity contribution in [3.63, 3.8) is 0 Å². The van der Waals surface area contributed by atoms with Gasteiger partial charge >= 0.3 is 5.97 Å². The number of aromatic nitrogens is 2. The Morgan fingerprint density at radius 1 is 1.33 bits per heavy atom. The maximum absolute atomic E-state index is 11.8. The van der Waals surface area contributed by atoms with Gasteiger partial charge in [0.25, 0.3) is 0 Å². The monoisotopic (exact) mass is 289 g/mol. The fourth-order valence-electron chi connectivity index (χ4n) is 4.07. The van der Waals surface area contributed by atoms with Crippen molar-refractivity contribution in [1.29, 1.82) is 0 Å². The van der Waals surface area contributed by atoms with Crippen LogP contribution in [0.2, 0.25) is 0 Å². The van der Waals surface area contributed by atoms with Crippen molar-refractivity contribution in [2.75, 3.05) is 0 Å². The van der Waals surface area contributed by atoms with Gasteiger partial charge in [-0.3, -0.25) is 10.1 Å². The summed E-state index contributed by atoms with van der Waals surface area (Å²) in [6.07, 6.45) is 11.2. The summed E-state index contributed by atoms with van der Waals surface area (Å²) in [6, 6.07) is 0.721. The van der Waals surface area contributed by atoms with Crippen molar-refractivity contribution >= 4 is 5.97 Å². The van der Waals surface area contributed by atoms with Crippen molar-refractivity contribution in [2.45, 2.75) is 75.4 Å². The van der Waals surface area contributed by atoms with Crippen LogP contribution in [0.5, 0.6) is 0 Å². The van der Waals surface area contributed by atoms with Crippen molar-refractivity contribution in [3.8, 4) is 0 Å². The summed E-state index contributed by atoms with van der Waals surface area (Å²) in [7, 11) is 0. The van der Waals surface area contributed by atoms with Crippen molar-refractivity contribution < 1.29 is 9.90 Å². The van der Waals surface area contributed by atoms with E-state index < -0.39 is 11.5 Å². The molecule has 0 bridgehead atoms. The normalized spacial score (nSPS) is 32.1. The first-order chi connectivity index (χ1) is 10.2. The zero-order valence-corrected chi connectivity index (χ0v) is 12.3. The number of hydrogen-bond acceptors (Lipinski definition) is 3. The van der Waals surface area contributed by atoms with Gasteiger partial charge < -0.3 is 9.67 Å². The number of nitrogens with one attached hydrogen (secondary N) is 1. The number of imidazole rings is 1. The molecule has 2 atom stereocenters. The zero-order chi connectivity index (χ0) is 14.4. The molecule has 2 fully saturated rings. The number of aryl methyl sites for hydroxylation is 1. The molecule has 0 radical (unpaired) electrons. The summed E-state index contributed by atoms with van der Waals surface area (Å²) in [5.41, 5.74) is 1.89. The van der Waals surface area contributed by atoms with Gasteiger partial charge in [0.15, 0.2) is 0 Å². The van der Waals surface area contributed by atoms with Crippen LogP contribution in [0.3, 0.4) is 0 Å². The quantitative estimate of drug-likeness (QED) is 0.890. The largest absolute Gasteiger partial charge is 0.480 e. The summed E-state index contributed by atoms with van der Waals surface area (Å²) >= 11 is 0. The lowest BCUT2D eigenvalue weighted by atomic mass is 9.96. The van der Waals surface area contributed by atoms with Gasteiger partial charge in [-0.25, -0.2) is 4.98 Å². The van der Waals surface area contributed by atoms with Crippen LogP contribution < -0.4 is 5.32 Å². The maximum Gasteiger partial charge on any atom is 0.323 e. The Kier molecular flexibility index (Phi) is 3.06. The molecule has 1 aromatic rings. The van der Waals surface area contributed by atoms with E-state index in [-0.39, 0.29) is 0 Å². The Bertz CT molecular complexity index is 564. The van der Waals surface area contributed by atoms with Crippen molar-refractivity contribution in [3.05, 3.63) is 17.7 Å². The van der Waals surface area contributed by atoms with Gasteiger partial charge in [0.1, 0.15) is 5.54 Å². The summed E-state index contributed by atoms with van der Waals surface area (Å²) in [6.45, 7) is 0. The number of carboxylic acids is 1. The van der Waals surface area contributed by atoms with E-state index in [0.29, 0.717) is 18.5 Å². The molecule has 2 saturated carbocycles. The first-order valence-electron chi connectivity index (χ1n) is 8.24. The molecular formula is C16H23N3O2. The van der Waals surface area contributed by atoms with Crippen LogP contribution >= 0.6 is 0 Å². The minimum atomic E-state index is -0.711. The molecule has 0 aliphatic heterocycles. The topological polar surface area (TPSA) is 67.2 Å². The highest BCUT2D eigenvalue weighted by molar-refractivity contribution is 5.79. The minimum absolute atomic E-state index is 0.293. The molecule has 0 aromatic carbocycles. The summed E-state index contributed by atoms with van der Waals surface area (Å²) in [5.74, 6) is -0.675. The number of carboxylic acid groups (broad SMARTS) is 1. The predicted octanol–water partition coefficient (Wildman–Crippen LogP) is 2.06. The number of aliphatic carboxylic acids is 1. The Hall–Kier alpha value is -1.36. The molecule has 2 N–H and O–H groups in total. The average Bonchev–Trinajstić information content (AvgIpc) is 3.01. The van der Waals surface area contributed by atoms with E-state index in [1.54, 1.807) is 0 Å². The summed E-state index contributed by atoms with van der Waals surface area (Å²) in [5, 5.41) is 13.1. The fourth-order valence-corrected chi connectivity index (χ4v) is 4.07. The molecule has 5 nitrogen and oxygen atoms in total. The van der Waals surface area contributed by atoms with Crippen molar-refractivity contribution in [2.24, 2.45) is 0 Å². The molecule has 21 heavy (non-hydrogen) atoms. The van der Waals surface area contributed by atoms with E-state index in [1.807, 2.05) is 6.33 Å². The predicted molar refractivity (Wildman–Crippen MR) is 78.3 cm³/mol. The molecule has 4 rings (SSSR count). The Labute approximate surface area is 124 Å². The summed E-state index contributed by atoms with van der Waals surface area (Å²) in [4.78, 5) is 16.4. The Balaban J connectivity index is 1.57. The fraction of sp³-hybridized carbons (Fsp3) is 0.750. The lowest BCUT2D eigenvalue weighted by molar-refractivity contribution is -0.144. The average molecular weight is 289 g/mol. The molecule has 0 saturated heterocycles. The number of nitrogens with zero attached hydrogens (tertiary/aromatic N) is 2. The van der Waals surface area contributed by atoms with Crippen LogP contribution in [0.25, 0.3) is 0 Å². The Morgan fingerprint density at radius 2 is 2.14 bits per heavy atom. The summed E-state index contributed by atoms with van der Waals surface area (Å²) < 4.78 is 2.29. The van der Waals surface area contributed by atoms with Crippen LogP contribution in [0, 0.1) is 0 Å². The van der Waals surface area contributed by atoms with Gasteiger partial charge in [-0.2, -0.15) is 0 Å². The number of fused-ring (bicyclic) bond motifs is 1. The molecule has 1 aromatic heterocycles. The van der Waals surface area contributed by atoms with Crippen molar-refractivity contribution in [1.82, 2.24) is 14.9 Å². The van der Waals surface area contributed by atoms with E-state index in [9.17, 15) is 9.90 Å². The molecule has 0 spiro atoms. The third-order valence-corrected chi connectivity index (χ3v) is 5.41. The molecule has 114 valence electrons. The van der Waals surface area contributed by atoms with Gasteiger partial charge in [0.2, 0.25) is 0 Å². The molecule has 3 aliphatic rings. The van der Waals surface area contributed by atoms with Gasteiger partial charge in [-0.15, -0.1) is 0 Å². The van der Waals surface area contributed by atoms with E-state index in [0.717, 1.165) is 38.5 Å². The molecule has 2 unspecified atom stereocenters. The molecular weight excluding hydrogens is 266 g/mol. The highest BCUT2D eigenvalue weighted by atomic mass is 16.4. The third kappa shape index (κ3) is 2.27. The molecule has 3 aliphatic carbocycles. The van der Waals surface area contributed by atoms with Crippen LogP contribution in [-0.2, 0) is 17.6 Å². The van der Waals surface area contributed by atoms with E-state index in [4.69, 9.17) is 0 Å². The van der Waals surface area contributed by atoms with E-state index >= 15 is 0 Å². The van der Waals surface area contributed by atoms with Gasteiger partial charge in [0.05, 0.1) is 12.0 Å². The molecule has 1 heterocycles. The van der Waals surface area contributed by atoms with Crippen LogP contribution in [0.1, 0.15) is 62.4 Å². The second-order valence-electron chi connectivity index (χ2n) is 6.95. The standard InChI is InChI=1S/C16H23N3O2/c20-15(21)16(18-11-5-6-11)8-7-12(9-16)19-10-17-13-3-1-2-4-14(13)19/h10-12,18H,1-9H2,(H,20,21). The number of hydrogen-bond donors (Lipinski definition) is 2. The van der Waals surface area contributed by atoms with Gasteiger partial charge in [0, 0.05) is 17.8 Å². The van der Waals surface area contributed by atoms with Crippen LogP contribution in [-0.4, -0.2) is 32.2 Å². The lowest BCUT2D eigenvalue weighted by Crippen LogP contribution is -2.51. The van der Waals surface area contributed by atoms with Gasteiger partial charge in [-0.1, -0.05) is 0 Å². The minimum Gasteiger partial charge on any atom is -0.480 e. The second kappa shape index (κ2) is 4.83. The number of carbonyl (C=O) groups is 1. The van der Waals surface area contributed by atoms with Crippen LogP contribution in [0.15, 0.2) is 6.33 Å². The highest BCUT2D eigenvalue weighted by Gasteiger charge is 2.48. The smallest absolute Gasteiger partial charge is 0.323 e. The SMILES string of the molecule is O=C(O)C1(NC2CC2)CCC(n2cnc3c2CCCC3)C1. The second-order valence-corrected chi connectivity index (χ2v) is 6.95. The first-order valence-corrected chi connectivity index (χ1v) is 8.24. The lowest BCUT2D eigenvalue weighted by Gasteiger charge is -2.27. The zero-order valence-electron chi connectivity index (χ0n) is 12.3. The van der Waals surface area contributed by atoms with Crippen LogP contribution in [0.4, 0.5) is 0 Å². The molecule has 5 heteroatoms. The molecule has 0 amide bonds. The maximum atomic E-state index is 11.8. The third-order valence-electron chi connectivity index (χ3n) is 5.41. The highest BCUT2D eigenvalue weighted by Crippen LogP contribution is 2.41.